The lowest BCUT2D eigenvalue weighted by atomic mass is 10.1. The van der Waals surface area contributed by atoms with Gasteiger partial charge >= 0.3 is 0 Å². The maximum atomic E-state index is 4.39. The van der Waals surface area contributed by atoms with Gasteiger partial charge < -0.3 is 0 Å². The summed E-state index contributed by atoms with van der Waals surface area (Å²) in [6.45, 7) is 7.62. The predicted octanol–water partition coefficient (Wildman–Crippen LogP) is 3.18. The third-order valence-electron chi connectivity index (χ3n) is 2.54. The zero-order valence-electron chi connectivity index (χ0n) is 8.41. The average Bonchev–Trinajstić information content (AvgIpc) is 2.23. The van der Waals surface area contributed by atoms with E-state index in [9.17, 15) is 0 Å². The van der Waals surface area contributed by atoms with Crippen LogP contribution in [0.15, 0.2) is 29.3 Å². The van der Waals surface area contributed by atoms with Gasteiger partial charge in [0.25, 0.3) is 0 Å². The summed E-state index contributed by atoms with van der Waals surface area (Å²) in [7, 11) is 0. The summed E-state index contributed by atoms with van der Waals surface area (Å²) in [6, 6.07) is 8.14. The van der Waals surface area contributed by atoms with Gasteiger partial charge in [-0.25, -0.2) is 9.98 Å². The van der Waals surface area contributed by atoms with E-state index in [0.29, 0.717) is 0 Å². The molecule has 0 spiro atoms. The molecule has 0 unspecified atom stereocenters. The summed E-state index contributed by atoms with van der Waals surface area (Å²) in [5.41, 5.74) is 2.24. The average molecular weight is 184 g/mol. The van der Waals surface area contributed by atoms with Crippen LogP contribution in [0.4, 0.5) is 5.82 Å². The molecule has 14 heavy (non-hydrogen) atoms. The third-order valence-corrected chi connectivity index (χ3v) is 2.54. The molecule has 0 N–H and O–H groups in total. The van der Waals surface area contributed by atoms with E-state index in [2.05, 4.69) is 29.7 Å². The lowest BCUT2D eigenvalue weighted by Gasteiger charge is -2.07. The fraction of sp³-hybridized carbons (Fsp3) is 0.167. The number of aromatic nitrogens is 1. The minimum absolute atomic E-state index is 0.726. The van der Waals surface area contributed by atoms with Gasteiger partial charge in [0, 0.05) is 11.1 Å². The maximum absolute atomic E-state index is 4.39. The molecule has 70 valence electrons. The van der Waals surface area contributed by atoms with Crippen molar-refractivity contribution in [2.24, 2.45) is 4.99 Å². The fourth-order valence-corrected chi connectivity index (χ4v) is 1.62. The number of rotatable bonds is 1. The van der Waals surface area contributed by atoms with Crippen LogP contribution >= 0.6 is 0 Å². The van der Waals surface area contributed by atoms with E-state index in [-0.39, 0.29) is 0 Å². The molecule has 0 fully saturated rings. The number of aryl methyl sites for hydroxylation is 2. The third kappa shape index (κ3) is 1.20. The van der Waals surface area contributed by atoms with Gasteiger partial charge in [0.1, 0.15) is 0 Å². The second-order valence-electron chi connectivity index (χ2n) is 3.35. The van der Waals surface area contributed by atoms with Crippen molar-refractivity contribution in [1.29, 1.82) is 0 Å². The molecule has 0 atom stereocenters. The molecule has 1 aromatic heterocycles. The zero-order valence-corrected chi connectivity index (χ0v) is 8.41. The SMILES string of the molecule is C=Nc1nc(C)c(C)c2ccccc12. The van der Waals surface area contributed by atoms with Crippen LogP contribution in [0.3, 0.4) is 0 Å². The molecule has 0 aliphatic heterocycles. The Morgan fingerprint density at radius 1 is 1.14 bits per heavy atom. The molecule has 0 amide bonds. The number of fused-ring (bicyclic) bond motifs is 1. The lowest BCUT2D eigenvalue weighted by Crippen LogP contribution is -1.89. The van der Waals surface area contributed by atoms with Crippen molar-refractivity contribution >= 4 is 23.3 Å². The molecule has 0 aliphatic rings. The number of aliphatic imine (C=N–C) groups is 1. The van der Waals surface area contributed by atoms with Crippen molar-refractivity contribution in [3.8, 4) is 0 Å². The first kappa shape index (κ1) is 8.88. The van der Waals surface area contributed by atoms with Crippen LogP contribution in [0.25, 0.3) is 10.8 Å². The molecule has 0 saturated carbocycles. The Morgan fingerprint density at radius 3 is 2.43 bits per heavy atom. The molecule has 0 aliphatic carbocycles. The first-order chi connectivity index (χ1) is 6.74. The van der Waals surface area contributed by atoms with Crippen molar-refractivity contribution in [1.82, 2.24) is 4.98 Å². The molecule has 2 nitrogen and oxygen atoms in total. The number of pyridine rings is 1. The zero-order chi connectivity index (χ0) is 10.1. The maximum Gasteiger partial charge on any atom is 0.159 e. The Balaban J connectivity index is 2.96. The number of nitrogens with zero attached hydrogens (tertiary/aromatic N) is 2. The first-order valence-electron chi connectivity index (χ1n) is 4.56. The highest BCUT2D eigenvalue weighted by Gasteiger charge is 2.05. The van der Waals surface area contributed by atoms with Gasteiger partial charge in [0.2, 0.25) is 0 Å². The van der Waals surface area contributed by atoms with Crippen molar-refractivity contribution in [3.63, 3.8) is 0 Å². The number of hydrogen-bond donors (Lipinski definition) is 0. The van der Waals surface area contributed by atoms with Gasteiger partial charge in [-0.15, -0.1) is 0 Å². The van der Waals surface area contributed by atoms with Crippen LogP contribution < -0.4 is 0 Å². The smallest absolute Gasteiger partial charge is 0.159 e. The summed E-state index contributed by atoms with van der Waals surface area (Å²) in [4.78, 5) is 8.33. The molecular weight excluding hydrogens is 172 g/mol. The largest absolute Gasteiger partial charge is 0.245 e. The van der Waals surface area contributed by atoms with Crippen LogP contribution in [-0.4, -0.2) is 11.7 Å². The highest BCUT2D eigenvalue weighted by molar-refractivity contribution is 5.93. The summed E-state index contributed by atoms with van der Waals surface area (Å²) < 4.78 is 0. The van der Waals surface area contributed by atoms with Gasteiger partial charge in [-0.2, -0.15) is 0 Å². The number of benzene rings is 1. The normalized spacial score (nSPS) is 10.4. The Bertz CT molecular complexity index is 501. The molecule has 0 saturated heterocycles. The molecule has 1 heterocycles. The first-order valence-corrected chi connectivity index (χ1v) is 4.56. The van der Waals surface area contributed by atoms with E-state index in [1.165, 1.54) is 10.9 Å². The highest BCUT2D eigenvalue weighted by atomic mass is 14.9. The highest BCUT2D eigenvalue weighted by Crippen LogP contribution is 2.27. The molecular formula is C12H12N2. The predicted molar refractivity (Wildman–Crippen MR) is 60.4 cm³/mol. The Kier molecular flexibility index (Phi) is 2.04. The van der Waals surface area contributed by atoms with Crippen LogP contribution in [0.2, 0.25) is 0 Å². The Hall–Kier alpha value is -1.70. The topological polar surface area (TPSA) is 25.2 Å². The van der Waals surface area contributed by atoms with Crippen LogP contribution in [0.5, 0.6) is 0 Å². The molecule has 2 heteroatoms. The monoisotopic (exact) mass is 184 g/mol. The van der Waals surface area contributed by atoms with Crippen molar-refractivity contribution in [2.45, 2.75) is 13.8 Å². The van der Waals surface area contributed by atoms with E-state index < -0.39 is 0 Å². The minimum Gasteiger partial charge on any atom is -0.245 e. The van der Waals surface area contributed by atoms with Gasteiger partial charge in [0.15, 0.2) is 5.82 Å². The van der Waals surface area contributed by atoms with E-state index >= 15 is 0 Å². The lowest BCUT2D eigenvalue weighted by molar-refractivity contribution is 1.16. The summed E-state index contributed by atoms with van der Waals surface area (Å²) in [5.74, 6) is 0.726. The van der Waals surface area contributed by atoms with Crippen molar-refractivity contribution < 1.29 is 0 Å². The van der Waals surface area contributed by atoms with E-state index in [4.69, 9.17) is 0 Å². The van der Waals surface area contributed by atoms with Crippen molar-refractivity contribution in [2.75, 3.05) is 0 Å². The van der Waals surface area contributed by atoms with Gasteiger partial charge in [-0.05, 0) is 31.5 Å². The summed E-state index contributed by atoms with van der Waals surface area (Å²) >= 11 is 0. The van der Waals surface area contributed by atoms with E-state index in [1.807, 2.05) is 25.1 Å². The molecule has 2 aromatic rings. The van der Waals surface area contributed by atoms with Crippen molar-refractivity contribution in [3.05, 3.63) is 35.5 Å². The van der Waals surface area contributed by atoms with Crippen LogP contribution in [-0.2, 0) is 0 Å². The van der Waals surface area contributed by atoms with E-state index in [0.717, 1.165) is 16.9 Å². The molecule has 0 radical (unpaired) electrons. The summed E-state index contributed by atoms with van der Waals surface area (Å²) in [6.07, 6.45) is 0. The Morgan fingerprint density at radius 2 is 1.79 bits per heavy atom. The van der Waals surface area contributed by atoms with Gasteiger partial charge in [0.05, 0.1) is 0 Å². The number of hydrogen-bond acceptors (Lipinski definition) is 2. The fourth-order valence-electron chi connectivity index (χ4n) is 1.62. The molecule has 2 rings (SSSR count). The second-order valence-corrected chi connectivity index (χ2v) is 3.35. The quantitative estimate of drug-likeness (QED) is 0.625. The molecule has 0 bridgehead atoms. The summed E-state index contributed by atoms with van der Waals surface area (Å²) in [5, 5.41) is 2.29. The van der Waals surface area contributed by atoms with Gasteiger partial charge in [-0.1, -0.05) is 24.3 Å². The van der Waals surface area contributed by atoms with Crippen LogP contribution in [0, 0.1) is 13.8 Å². The molecule has 1 aromatic carbocycles. The Labute approximate surface area is 83.3 Å². The van der Waals surface area contributed by atoms with Gasteiger partial charge in [-0.3, -0.25) is 0 Å². The van der Waals surface area contributed by atoms with Crippen LogP contribution in [0.1, 0.15) is 11.3 Å². The van der Waals surface area contributed by atoms with E-state index in [1.54, 1.807) is 0 Å². The standard InChI is InChI=1S/C12H12N2/c1-8-9(2)14-12(13-3)11-7-5-4-6-10(8)11/h4-7H,3H2,1-2H3. The second kappa shape index (κ2) is 3.22. The minimum atomic E-state index is 0.726.